The second kappa shape index (κ2) is 6.58. The Morgan fingerprint density at radius 3 is 2.31 bits per heavy atom. The lowest BCUT2D eigenvalue weighted by molar-refractivity contribution is -0.134. The summed E-state index contributed by atoms with van der Waals surface area (Å²) in [5.74, 6) is -0.808. The molecule has 0 unspecified atom stereocenters. The molecule has 1 amide bonds. The number of aliphatic carboxylic acids is 1. The summed E-state index contributed by atoms with van der Waals surface area (Å²) in [6, 6.07) is 0. The van der Waals surface area contributed by atoms with Crippen molar-refractivity contribution in [3.05, 3.63) is 12.7 Å². The fourth-order valence-electron chi connectivity index (χ4n) is 1.18. The standard InChI is InChI=1S/C11H19NO3S/c1-5-6-12(11(2,3)4)9(13)7-16-8-10(14)15/h5H,1,6-8H2,2-4H3,(H,14,15). The van der Waals surface area contributed by atoms with Crippen molar-refractivity contribution in [2.24, 2.45) is 0 Å². The Kier molecular flexibility index (Phi) is 6.18. The third-order valence-electron chi connectivity index (χ3n) is 1.87. The van der Waals surface area contributed by atoms with Gasteiger partial charge in [0.15, 0.2) is 0 Å². The van der Waals surface area contributed by atoms with E-state index in [1.165, 1.54) is 0 Å². The number of carboxylic acids is 1. The summed E-state index contributed by atoms with van der Waals surface area (Å²) in [7, 11) is 0. The van der Waals surface area contributed by atoms with E-state index < -0.39 is 5.97 Å². The molecule has 0 saturated carbocycles. The van der Waals surface area contributed by atoms with Crippen LogP contribution in [0.15, 0.2) is 12.7 Å². The summed E-state index contributed by atoms with van der Waals surface area (Å²) < 4.78 is 0. The molecule has 1 N–H and O–H groups in total. The fourth-order valence-corrected chi connectivity index (χ4v) is 1.79. The number of carboxylic acid groups (broad SMARTS) is 1. The van der Waals surface area contributed by atoms with Gasteiger partial charge in [0.1, 0.15) is 0 Å². The van der Waals surface area contributed by atoms with E-state index in [0.29, 0.717) is 6.54 Å². The van der Waals surface area contributed by atoms with Crippen LogP contribution in [-0.2, 0) is 9.59 Å². The first kappa shape index (κ1) is 15.0. The lowest BCUT2D eigenvalue weighted by atomic mass is 10.1. The minimum absolute atomic E-state index is 0.0438. The van der Waals surface area contributed by atoms with Gasteiger partial charge in [0.2, 0.25) is 5.91 Å². The maximum absolute atomic E-state index is 11.8. The Hall–Kier alpha value is -0.970. The Bertz CT molecular complexity index is 271. The van der Waals surface area contributed by atoms with E-state index >= 15 is 0 Å². The van der Waals surface area contributed by atoms with E-state index in [2.05, 4.69) is 6.58 Å². The zero-order valence-corrected chi connectivity index (χ0v) is 10.8. The Morgan fingerprint density at radius 1 is 1.38 bits per heavy atom. The molecule has 0 fully saturated rings. The number of rotatable bonds is 6. The van der Waals surface area contributed by atoms with Gasteiger partial charge in [-0.25, -0.2) is 0 Å². The van der Waals surface area contributed by atoms with Crippen LogP contribution in [0.3, 0.4) is 0 Å². The molecule has 0 atom stereocenters. The first-order valence-electron chi connectivity index (χ1n) is 5.00. The number of amides is 1. The third-order valence-corrected chi connectivity index (χ3v) is 2.78. The quantitative estimate of drug-likeness (QED) is 0.722. The monoisotopic (exact) mass is 245 g/mol. The lowest BCUT2D eigenvalue weighted by Gasteiger charge is -2.34. The molecule has 0 aliphatic carbocycles. The molecule has 0 aliphatic heterocycles. The average molecular weight is 245 g/mol. The lowest BCUT2D eigenvalue weighted by Crippen LogP contribution is -2.46. The van der Waals surface area contributed by atoms with Crippen LogP contribution in [0.1, 0.15) is 20.8 Å². The van der Waals surface area contributed by atoms with Crippen molar-refractivity contribution in [3.63, 3.8) is 0 Å². The minimum atomic E-state index is -0.899. The summed E-state index contributed by atoms with van der Waals surface area (Å²) in [4.78, 5) is 23.8. The topological polar surface area (TPSA) is 57.6 Å². The molecule has 0 aromatic carbocycles. The van der Waals surface area contributed by atoms with Gasteiger partial charge in [-0.05, 0) is 20.8 Å². The maximum atomic E-state index is 11.8. The van der Waals surface area contributed by atoms with Gasteiger partial charge in [0.25, 0.3) is 0 Å². The molecule has 0 spiro atoms. The van der Waals surface area contributed by atoms with Crippen molar-refractivity contribution < 1.29 is 14.7 Å². The van der Waals surface area contributed by atoms with Crippen molar-refractivity contribution in [1.82, 2.24) is 4.90 Å². The first-order chi connectivity index (χ1) is 7.29. The van der Waals surface area contributed by atoms with E-state index in [9.17, 15) is 9.59 Å². The highest BCUT2D eigenvalue weighted by molar-refractivity contribution is 8.00. The molecule has 4 nitrogen and oxygen atoms in total. The zero-order valence-electron chi connectivity index (χ0n) is 10.0. The van der Waals surface area contributed by atoms with Gasteiger partial charge in [0.05, 0.1) is 11.5 Å². The van der Waals surface area contributed by atoms with Gasteiger partial charge >= 0.3 is 5.97 Å². The number of carbonyl (C=O) groups excluding carboxylic acids is 1. The van der Waals surface area contributed by atoms with Gasteiger partial charge in [-0.2, -0.15) is 0 Å². The molecular formula is C11H19NO3S. The Balaban J connectivity index is 4.29. The molecule has 0 aromatic heterocycles. The SMILES string of the molecule is C=CCN(C(=O)CSCC(=O)O)C(C)(C)C. The maximum Gasteiger partial charge on any atom is 0.313 e. The summed E-state index contributed by atoms with van der Waals surface area (Å²) in [5.41, 5.74) is -0.269. The molecule has 0 heterocycles. The molecule has 92 valence electrons. The first-order valence-corrected chi connectivity index (χ1v) is 6.15. The second-order valence-electron chi connectivity index (χ2n) is 4.35. The molecule has 0 aromatic rings. The van der Waals surface area contributed by atoms with Gasteiger partial charge in [-0.1, -0.05) is 6.08 Å². The van der Waals surface area contributed by atoms with Crippen LogP contribution in [0, 0.1) is 0 Å². The summed E-state index contributed by atoms with van der Waals surface area (Å²) in [5, 5.41) is 8.47. The zero-order chi connectivity index (χ0) is 12.8. The summed E-state index contributed by atoms with van der Waals surface area (Å²) >= 11 is 1.11. The fraction of sp³-hybridized carbons (Fsp3) is 0.636. The molecule has 0 radical (unpaired) electrons. The normalized spacial score (nSPS) is 10.9. The van der Waals surface area contributed by atoms with Crippen LogP contribution < -0.4 is 0 Å². The van der Waals surface area contributed by atoms with E-state index in [0.717, 1.165) is 11.8 Å². The van der Waals surface area contributed by atoms with Crippen molar-refractivity contribution in [3.8, 4) is 0 Å². The molecular weight excluding hydrogens is 226 g/mol. The van der Waals surface area contributed by atoms with E-state index in [4.69, 9.17) is 5.11 Å². The largest absolute Gasteiger partial charge is 0.481 e. The minimum Gasteiger partial charge on any atom is -0.481 e. The van der Waals surface area contributed by atoms with Crippen LogP contribution in [0.4, 0.5) is 0 Å². The molecule has 5 heteroatoms. The summed E-state index contributed by atoms with van der Waals surface area (Å²) in [6.45, 7) is 9.91. The van der Waals surface area contributed by atoms with Crippen LogP contribution in [0.2, 0.25) is 0 Å². The molecule has 0 aliphatic rings. The predicted octanol–water partition coefficient (Wildman–Crippen LogP) is 1.62. The number of nitrogens with zero attached hydrogens (tertiary/aromatic N) is 1. The highest BCUT2D eigenvalue weighted by Gasteiger charge is 2.24. The summed E-state index contributed by atoms with van der Waals surface area (Å²) in [6.07, 6.45) is 1.67. The average Bonchev–Trinajstić information content (AvgIpc) is 2.11. The Labute approximate surface area is 101 Å². The van der Waals surface area contributed by atoms with E-state index in [1.54, 1.807) is 11.0 Å². The van der Waals surface area contributed by atoms with E-state index in [1.807, 2.05) is 20.8 Å². The van der Waals surface area contributed by atoms with Crippen LogP contribution in [0.5, 0.6) is 0 Å². The molecule has 0 bridgehead atoms. The van der Waals surface area contributed by atoms with Crippen molar-refractivity contribution in [2.45, 2.75) is 26.3 Å². The van der Waals surface area contributed by atoms with Crippen molar-refractivity contribution in [2.75, 3.05) is 18.1 Å². The number of carbonyl (C=O) groups is 2. The molecule has 16 heavy (non-hydrogen) atoms. The Morgan fingerprint density at radius 2 is 1.94 bits per heavy atom. The molecule has 0 saturated heterocycles. The number of hydrogen-bond donors (Lipinski definition) is 1. The van der Waals surface area contributed by atoms with E-state index in [-0.39, 0.29) is 23.0 Å². The molecule has 0 rings (SSSR count). The smallest absolute Gasteiger partial charge is 0.313 e. The van der Waals surface area contributed by atoms with Crippen molar-refractivity contribution in [1.29, 1.82) is 0 Å². The predicted molar refractivity (Wildman–Crippen MR) is 66.6 cm³/mol. The van der Waals surface area contributed by atoms with Crippen LogP contribution in [-0.4, -0.2) is 45.5 Å². The van der Waals surface area contributed by atoms with Crippen LogP contribution >= 0.6 is 11.8 Å². The number of hydrogen-bond acceptors (Lipinski definition) is 3. The third kappa shape index (κ3) is 5.80. The van der Waals surface area contributed by atoms with Crippen molar-refractivity contribution >= 4 is 23.6 Å². The van der Waals surface area contributed by atoms with Gasteiger partial charge in [-0.3, -0.25) is 9.59 Å². The number of thioether (sulfide) groups is 1. The van der Waals surface area contributed by atoms with Gasteiger partial charge < -0.3 is 10.0 Å². The van der Waals surface area contributed by atoms with Crippen LogP contribution in [0.25, 0.3) is 0 Å². The highest BCUT2D eigenvalue weighted by atomic mass is 32.2. The highest BCUT2D eigenvalue weighted by Crippen LogP contribution is 2.15. The van der Waals surface area contributed by atoms with Gasteiger partial charge in [-0.15, -0.1) is 18.3 Å². The van der Waals surface area contributed by atoms with Gasteiger partial charge in [0, 0.05) is 12.1 Å². The second-order valence-corrected chi connectivity index (χ2v) is 5.34.